The number of nitrogens with one attached hydrogen (secondary N) is 2. The molecule has 2 heterocycles. The summed E-state index contributed by atoms with van der Waals surface area (Å²) in [6.45, 7) is 9.13. The van der Waals surface area contributed by atoms with Gasteiger partial charge >= 0.3 is 0 Å². The molecular formula is C21H32IN5S. The van der Waals surface area contributed by atoms with E-state index in [-0.39, 0.29) is 24.0 Å². The quantitative estimate of drug-likeness (QED) is 0.345. The van der Waals surface area contributed by atoms with Crippen molar-refractivity contribution in [2.24, 2.45) is 4.99 Å². The summed E-state index contributed by atoms with van der Waals surface area (Å²) in [6, 6.07) is 8.73. The molecule has 7 heteroatoms. The number of aryl methyl sites for hydroxylation is 2. The van der Waals surface area contributed by atoms with Crippen molar-refractivity contribution in [3.8, 4) is 0 Å². The van der Waals surface area contributed by atoms with Gasteiger partial charge in [-0.15, -0.1) is 35.3 Å². The fourth-order valence-electron chi connectivity index (χ4n) is 3.42. The van der Waals surface area contributed by atoms with E-state index in [1.807, 2.05) is 7.05 Å². The number of rotatable bonds is 6. The van der Waals surface area contributed by atoms with Crippen molar-refractivity contribution in [3.05, 3.63) is 51.0 Å². The summed E-state index contributed by atoms with van der Waals surface area (Å²) in [5.74, 6) is 0.813. The Bertz CT molecular complexity index is 748. The predicted molar refractivity (Wildman–Crippen MR) is 130 cm³/mol. The van der Waals surface area contributed by atoms with Gasteiger partial charge in [0.05, 0.1) is 12.2 Å². The van der Waals surface area contributed by atoms with Crippen molar-refractivity contribution in [1.82, 2.24) is 20.5 Å². The van der Waals surface area contributed by atoms with Crippen LogP contribution in [0.5, 0.6) is 0 Å². The number of hydrogen-bond donors (Lipinski definition) is 2. The first-order valence-corrected chi connectivity index (χ1v) is 10.6. The Balaban J connectivity index is 0.00000280. The van der Waals surface area contributed by atoms with Crippen molar-refractivity contribution in [2.45, 2.75) is 52.7 Å². The SMILES string of the molecule is CN=C(NCc1nc(C)c(C)s1)NCc1ccccc1CN1CCCCC1.I. The maximum absolute atomic E-state index is 4.58. The number of benzene rings is 1. The molecular weight excluding hydrogens is 481 g/mol. The van der Waals surface area contributed by atoms with Crippen molar-refractivity contribution in [1.29, 1.82) is 0 Å². The summed E-state index contributed by atoms with van der Waals surface area (Å²) in [4.78, 5) is 12.8. The fraction of sp³-hybridized carbons (Fsp3) is 0.524. The highest BCUT2D eigenvalue weighted by Crippen LogP contribution is 2.17. The molecule has 3 rings (SSSR count). The first kappa shape index (κ1) is 23.1. The number of piperidine rings is 1. The molecule has 0 unspecified atom stereocenters. The van der Waals surface area contributed by atoms with E-state index in [1.165, 1.54) is 48.4 Å². The van der Waals surface area contributed by atoms with E-state index in [0.717, 1.165) is 29.8 Å². The lowest BCUT2D eigenvalue weighted by molar-refractivity contribution is 0.220. The normalized spacial score (nSPS) is 15.2. The van der Waals surface area contributed by atoms with Crippen molar-refractivity contribution >= 4 is 41.3 Å². The molecule has 1 fully saturated rings. The van der Waals surface area contributed by atoms with Crippen molar-refractivity contribution in [2.75, 3.05) is 20.1 Å². The Kier molecular flexibility index (Phi) is 9.67. The summed E-state index contributed by atoms with van der Waals surface area (Å²) in [7, 11) is 1.81. The molecule has 1 aromatic carbocycles. The largest absolute Gasteiger partial charge is 0.352 e. The fourth-order valence-corrected chi connectivity index (χ4v) is 4.29. The van der Waals surface area contributed by atoms with Crippen LogP contribution in [0.1, 0.15) is 46.0 Å². The number of thiazole rings is 1. The number of hydrogen-bond acceptors (Lipinski definition) is 4. The van der Waals surface area contributed by atoms with E-state index >= 15 is 0 Å². The van der Waals surface area contributed by atoms with E-state index in [9.17, 15) is 0 Å². The van der Waals surface area contributed by atoms with Crippen LogP contribution in [0, 0.1) is 13.8 Å². The first-order chi connectivity index (χ1) is 13.2. The first-order valence-electron chi connectivity index (χ1n) is 9.82. The van der Waals surface area contributed by atoms with Crippen LogP contribution < -0.4 is 10.6 Å². The van der Waals surface area contributed by atoms with Crippen LogP contribution in [-0.2, 0) is 19.6 Å². The van der Waals surface area contributed by atoms with Crippen LogP contribution in [0.4, 0.5) is 0 Å². The summed E-state index contributed by atoms with van der Waals surface area (Å²) in [5, 5.41) is 7.92. The van der Waals surface area contributed by atoms with Crippen LogP contribution in [0.25, 0.3) is 0 Å². The lowest BCUT2D eigenvalue weighted by Crippen LogP contribution is -2.36. The molecule has 0 amide bonds. The summed E-state index contributed by atoms with van der Waals surface area (Å²) in [5.41, 5.74) is 3.87. The number of nitrogens with zero attached hydrogens (tertiary/aromatic N) is 3. The molecule has 28 heavy (non-hydrogen) atoms. The highest BCUT2D eigenvalue weighted by molar-refractivity contribution is 14.0. The third kappa shape index (κ3) is 6.70. The highest BCUT2D eigenvalue weighted by atomic mass is 127. The van der Waals surface area contributed by atoms with Crippen LogP contribution >= 0.6 is 35.3 Å². The molecule has 0 bridgehead atoms. The van der Waals surface area contributed by atoms with Crippen molar-refractivity contribution in [3.63, 3.8) is 0 Å². The molecule has 0 saturated carbocycles. The molecule has 5 nitrogen and oxygen atoms in total. The van der Waals surface area contributed by atoms with Gasteiger partial charge in [0.2, 0.25) is 0 Å². The number of aromatic nitrogens is 1. The average Bonchev–Trinajstić information content (AvgIpc) is 3.01. The minimum Gasteiger partial charge on any atom is -0.352 e. The van der Waals surface area contributed by atoms with Crippen LogP contribution in [0.15, 0.2) is 29.3 Å². The van der Waals surface area contributed by atoms with Gasteiger partial charge in [-0.25, -0.2) is 4.98 Å². The Morgan fingerprint density at radius 2 is 1.75 bits per heavy atom. The second-order valence-electron chi connectivity index (χ2n) is 7.13. The lowest BCUT2D eigenvalue weighted by Gasteiger charge is -2.27. The van der Waals surface area contributed by atoms with Gasteiger partial charge in [-0.2, -0.15) is 0 Å². The molecule has 0 radical (unpaired) electrons. The number of likely N-dealkylation sites (tertiary alicyclic amines) is 1. The molecule has 1 aliphatic heterocycles. The third-order valence-electron chi connectivity index (χ3n) is 5.11. The van der Waals surface area contributed by atoms with E-state index in [4.69, 9.17) is 0 Å². The minimum atomic E-state index is 0. The minimum absolute atomic E-state index is 0. The molecule has 154 valence electrons. The summed E-state index contributed by atoms with van der Waals surface area (Å²) < 4.78 is 0. The van der Waals surface area contributed by atoms with Gasteiger partial charge in [0, 0.05) is 25.0 Å². The molecule has 1 saturated heterocycles. The third-order valence-corrected chi connectivity index (χ3v) is 6.18. The van der Waals surface area contributed by atoms with Crippen molar-refractivity contribution < 1.29 is 0 Å². The Morgan fingerprint density at radius 1 is 1.07 bits per heavy atom. The predicted octanol–water partition coefficient (Wildman–Crippen LogP) is 4.23. The molecule has 0 spiro atoms. The second-order valence-corrected chi connectivity index (χ2v) is 8.42. The van der Waals surface area contributed by atoms with E-state index in [1.54, 1.807) is 11.3 Å². The lowest BCUT2D eigenvalue weighted by atomic mass is 10.0. The van der Waals surface area contributed by atoms with Gasteiger partial charge < -0.3 is 10.6 Å². The number of aliphatic imine (C=N–C) groups is 1. The number of halogens is 1. The van der Waals surface area contributed by atoms with Gasteiger partial charge in [-0.05, 0) is 50.9 Å². The van der Waals surface area contributed by atoms with Crippen LogP contribution in [-0.4, -0.2) is 36.0 Å². The van der Waals surface area contributed by atoms with E-state index < -0.39 is 0 Å². The Hall–Kier alpha value is -1.19. The summed E-state index contributed by atoms with van der Waals surface area (Å²) >= 11 is 1.74. The molecule has 0 aliphatic carbocycles. The van der Waals surface area contributed by atoms with Crippen LogP contribution in [0.3, 0.4) is 0 Å². The molecule has 2 N–H and O–H groups in total. The molecule has 1 aromatic heterocycles. The van der Waals surface area contributed by atoms with E-state index in [2.05, 4.69) is 63.6 Å². The maximum Gasteiger partial charge on any atom is 0.191 e. The Morgan fingerprint density at radius 3 is 2.39 bits per heavy atom. The topological polar surface area (TPSA) is 52.6 Å². The van der Waals surface area contributed by atoms with Crippen LogP contribution in [0.2, 0.25) is 0 Å². The smallest absolute Gasteiger partial charge is 0.191 e. The zero-order valence-electron chi connectivity index (χ0n) is 17.1. The van der Waals surface area contributed by atoms with E-state index in [0.29, 0.717) is 6.54 Å². The zero-order valence-corrected chi connectivity index (χ0v) is 20.3. The molecule has 1 aliphatic rings. The molecule has 0 atom stereocenters. The monoisotopic (exact) mass is 513 g/mol. The maximum atomic E-state index is 4.58. The van der Waals surface area contributed by atoms with Gasteiger partial charge in [0.1, 0.15) is 5.01 Å². The van der Waals surface area contributed by atoms with Gasteiger partial charge in [-0.1, -0.05) is 30.7 Å². The number of guanidine groups is 1. The second kappa shape index (κ2) is 11.7. The molecule has 2 aromatic rings. The van der Waals surface area contributed by atoms with Gasteiger partial charge in [-0.3, -0.25) is 9.89 Å². The average molecular weight is 513 g/mol. The van der Waals surface area contributed by atoms with Gasteiger partial charge in [0.15, 0.2) is 5.96 Å². The summed E-state index contributed by atoms with van der Waals surface area (Å²) in [6.07, 6.45) is 4.03. The Labute approximate surface area is 190 Å². The zero-order chi connectivity index (χ0) is 19.1. The van der Waals surface area contributed by atoms with Gasteiger partial charge in [0.25, 0.3) is 0 Å². The highest BCUT2D eigenvalue weighted by Gasteiger charge is 2.12. The standard InChI is InChI=1S/C21H31N5S.HI/c1-16-17(2)27-20(25-16)14-24-21(22-3)23-13-18-9-5-6-10-19(18)15-26-11-7-4-8-12-26;/h5-6,9-10H,4,7-8,11-15H2,1-3H3,(H2,22,23,24);1H.